The molecule has 0 aliphatic carbocycles. The molecule has 0 aromatic heterocycles. The molecule has 0 bridgehead atoms. The van der Waals surface area contributed by atoms with E-state index >= 15 is 0 Å². The highest BCUT2D eigenvalue weighted by Gasteiger charge is 2.33. The predicted octanol–water partition coefficient (Wildman–Crippen LogP) is 4.95. The van der Waals surface area contributed by atoms with E-state index in [2.05, 4.69) is 5.32 Å². The summed E-state index contributed by atoms with van der Waals surface area (Å²) in [6.45, 7) is 7.85. The smallest absolute Gasteiger partial charge is 0.264 e. The maximum atomic E-state index is 14.0. The van der Waals surface area contributed by atoms with Crippen LogP contribution >= 0.6 is 0 Å². The first-order chi connectivity index (χ1) is 19.0. The monoisotopic (exact) mass is 567 g/mol. The van der Waals surface area contributed by atoms with Gasteiger partial charge in [-0.3, -0.25) is 13.9 Å². The van der Waals surface area contributed by atoms with Crippen molar-refractivity contribution in [1.29, 1.82) is 0 Å². The lowest BCUT2D eigenvalue weighted by Gasteiger charge is -2.33. The third-order valence-electron chi connectivity index (χ3n) is 6.56. The maximum Gasteiger partial charge on any atom is 0.264 e. The highest BCUT2D eigenvalue weighted by atomic mass is 32.2. The van der Waals surface area contributed by atoms with Gasteiger partial charge in [-0.05, 0) is 67.6 Å². The minimum Gasteiger partial charge on any atom is -0.354 e. The summed E-state index contributed by atoms with van der Waals surface area (Å²) in [5, 5.41) is 2.92. The van der Waals surface area contributed by atoms with Crippen molar-refractivity contribution < 1.29 is 22.4 Å². The lowest BCUT2D eigenvalue weighted by atomic mass is 10.1. The summed E-state index contributed by atoms with van der Waals surface area (Å²) < 4.78 is 42.2. The van der Waals surface area contributed by atoms with Crippen LogP contribution in [0.4, 0.5) is 10.1 Å². The molecule has 9 heteroatoms. The zero-order valence-electron chi connectivity index (χ0n) is 23.5. The van der Waals surface area contributed by atoms with Gasteiger partial charge < -0.3 is 10.2 Å². The Morgan fingerprint density at radius 1 is 0.925 bits per heavy atom. The van der Waals surface area contributed by atoms with Gasteiger partial charge in [0.15, 0.2) is 0 Å². The number of rotatable bonds is 13. The van der Waals surface area contributed by atoms with Crippen LogP contribution in [0.5, 0.6) is 0 Å². The molecular weight excluding hydrogens is 529 g/mol. The Balaban J connectivity index is 1.99. The number of carbonyl (C=O) groups excluding carboxylic acids is 2. The van der Waals surface area contributed by atoms with Gasteiger partial charge in [-0.15, -0.1) is 0 Å². The van der Waals surface area contributed by atoms with Crippen LogP contribution in [0.15, 0.2) is 83.8 Å². The first-order valence-corrected chi connectivity index (χ1v) is 14.9. The molecule has 0 fully saturated rings. The number of halogens is 1. The number of anilines is 1. The Labute approximate surface area is 237 Å². The van der Waals surface area contributed by atoms with E-state index in [4.69, 9.17) is 0 Å². The molecule has 1 N–H and O–H groups in total. The summed E-state index contributed by atoms with van der Waals surface area (Å²) in [7, 11) is -4.23. The van der Waals surface area contributed by atoms with Crippen molar-refractivity contribution in [3.05, 3.63) is 95.8 Å². The molecule has 0 saturated heterocycles. The van der Waals surface area contributed by atoms with Gasteiger partial charge in [-0.2, -0.15) is 0 Å². The first kappa shape index (κ1) is 30.8. The lowest BCUT2D eigenvalue weighted by Crippen LogP contribution is -2.53. The number of hydrogen-bond acceptors (Lipinski definition) is 4. The molecular formula is C31H38FN3O4S. The number of nitrogens with zero attached hydrogens (tertiary/aromatic N) is 2. The van der Waals surface area contributed by atoms with E-state index < -0.39 is 34.3 Å². The topological polar surface area (TPSA) is 86.8 Å². The van der Waals surface area contributed by atoms with Crippen LogP contribution in [-0.2, 0) is 26.0 Å². The highest BCUT2D eigenvalue weighted by molar-refractivity contribution is 7.92. The largest absolute Gasteiger partial charge is 0.354 e. The molecule has 0 aliphatic heterocycles. The van der Waals surface area contributed by atoms with Gasteiger partial charge in [0.25, 0.3) is 10.0 Å². The molecule has 0 heterocycles. The summed E-state index contributed by atoms with van der Waals surface area (Å²) in [6.07, 6.45) is 0.857. The zero-order chi connectivity index (χ0) is 29.3. The number of sulfonamides is 1. The minimum absolute atomic E-state index is 0.139. The highest BCUT2D eigenvalue weighted by Crippen LogP contribution is 2.25. The Kier molecular flexibility index (Phi) is 10.8. The summed E-state index contributed by atoms with van der Waals surface area (Å²) in [5.41, 5.74) is 2.21. The normalized spacial score (nSPS) is 12.2. The molecule has 0 unspecified atom stereocenters. The minimum atomic E-state index is -4.23. The Bertz CT molecular complexity index is 1360. The van der Waals surface area contributed by atoms with Crippen LogP contribution in [0.1, 0.15) is 38.3 Å². The molecule has 0 radical (unpaired) electrons. The van der Waals surface area contributed by atoms with E-state index in [1.165, 1.54) is 17.0 Å². The molecule has 214 valence electrons. The molecule has 3 rings (SSSR count). The summed E-state index contributed by atoms with van der Waals surface area (Å²) in [5.74, 6) is -1.12. The average molecular weight is 568 g/mol. The Morgan fingerprint density at radius 2 is 1.55 bits per heavy atom. The fourth-order valence-corrected chi connectivity index (χ4v) is 5.71. The standard InChI is InChI=1S/C31H38FN3O4S/c1-5-29(31(37)33-21-23(2)3)34(20-19-25-9-7-6-8-10-25)30(36)22-35(27-15-11-24(4)12-16-27)40(38,39)28-17-13-26(32)14-18-28/h6-18,23,29H,5,19-22H2,1-4H3,(H,33,37)/t29-/m0/s1. The van der Waals surface area contributed by atoms with Crippen LogP contribution in [-0.4, -0.2) is 50.8 Å². The maximum absolute atomic E-state index is 14.0. The third kappa shape index (κ3) is 8.14. The molecule has 2 amide bonds. The zero-order valence-corrected chi connectivity index (χ0v) is 24.3. The second kappa shape index (κ2) is 14.1. The molecule has 0 spiro atoms. The van der Waals surface area contributed by atoms with E-state index in [1.807, 2.05) is 58.0 Å². The molecule has 7 nitrogen and oxygen atoms in total. The molecule has 0 aliphatic rings. The van der Waals surface area contributed by atoms with Crippen molar-refractivity contribution in [2.24, 2.45) is 5.92 Å². The van der Waals surface area contributed by atoms with Crippen molar-refractivity contribution >= 4 is 27.5 Å². The van der Waals surface area contributed by atoms with Gasteiger partial charge >= 0.3 is 0 Å². The molecule has 3 aromatic carbocycles. The Morgan fingerprint density at radius 3 is 2.12 bits per heavy atom. The van der Waals surface area contributed by atoms with Gasteiger partial charge in [-0.1, -0.05) is 68.8 Å². The van der Waals surface area contributed by atoms with Crippen molar-refractivity contribution in [2.75, 3.05) is 23.9 Å². The van der Waals surface area contributed by atoms with E-state index in [9.17, 15) is 22.4 Å². The quantitative estimate of drug-likeness (QED) is 0.317. The molecule has 0 saturated carbocycles. The Hall–Kier alpha value is -3.72. The third-order valence-corrected chi connectivity index (χ3v) is 8.35. The first-order valence-electron chi connectivity index (χ1n) is 13.5. The fraction of sp³-hybridized carbons (Fsp3) is 0.355. The van der Waals surface area contributed by atoms with Crippen LogP contribution in [0.2, 0.25) is 0 Å². The molecule has 3 aromatic rings. The van der Waals surface area contributed by atoms with Crippen LogP contribution in [0.3, 0.4) is 0 Å². The van der Waals surface area contributed by atoms with Gasteiger partial charge in [0, 0.05) is 13.1 Å². The van der Waals surface area contributed by atoms with Crippen molar-refractivity contribution in [2.45, 2.75) is 51.5 Å². The number of amides is 2. The number of hydrogen-bond donors (Lipinski definition) is 1. The van der Waals surface area contributed by atoms with Gasteiger partial charge in [0.2, 0.25) is 11.8 Å². The summed E-state index contributed by atoms with van der Waals surface area (Å²) in [4.78, 5) is 28.5. The lowest BCUT2D eigenvalue weighted by molar-refractivity contribution is -0.139. The fourth-order valence-electron chi connectivity index (χ4n) is 4.29. The molecule has 40 heavy (non-hydrogen) atoms. The van der Waals surface area contributed by atoms with E-state index in [0.717, 1.165) is 27.6 Å². The summed E-state index contributed by atoms with van der Waals surface area (Å²) in [6, 6.07) is 20.1. The second-order valence-electron chi connectivity index (χ2n) is 10.2. The van der Waals surface area contributed by atoms with Crippen molar-refractivity contribution in [1.82, 2.24) is 10.2 Å². The van der Waals surface area contributed by atoms with E-state index in [1.54, 1.807) is 24.3 Å². The van der Waals surface area contributed by atoms with E-state index in [0.29, 0.717) is 25.1 Å². The van der Waals surface area contributed by atoms with E-state index in [-0.39, 0.29) is 23.3 Å². The number of aryl methyl sites for hydroxylation is 1. The SMILES string of the molecule is CC[C@@H](C(=O)NCC(C)C)N(CCc1ccccc1)C(=O)CN(c1ccc(C)cc1)S(=O)(=O)c1ccc(F)cc1. The summed E-state index contributed by atoms with van der Waals surface area (Å²) >= 11 is 0. The van der Waals surface area contributed by atoms with Crippen molar-refractivity contribution in [3.63, 3.8) is 0 Å². The average Bonchev–Trinajstić information content (AvgIpc) is 2.93. The predicted molar refractivity (Wildman–Crippen MR) is 156 cm³/mol. The molecule has 1 atom stereocenters. The second-order valence-corrected chi connectivity index (χ2v) is 12.0. The van der Waals surface area contributed by atoms with Crippen molar-refractivity contribution in [3.8, 4) is 0 Å². The number of carbonyl (C=O) groups is 2. The van der Waals surface area contributed by atoms with Gasteiger partial charge in [0.1, 0.15) is 18.4 Å². The van der Waals surface area contributed by atoms with Crippen LogP contribution < -0.4 is 9.62 Å². The number of nitrogens with one attached hydrogen (secondary N) is 1. The van der Waals surface area contributed by atoms with Crippen LogP contribution in [0.25, 0.3) is 0 Å². The number of benzene rings is 3. The van der Waals surface area contributed by atoms with Gasteiger partial charge in [-0.25, -0.2) is 12.8 Å². The van der Waals surface area contributed by atoms with Gasteiger partial charge in [0.05, 0.1) is 10.6 Å². The van der Waals surface area contributed by atoms with Crippen LogP contribution in [0, 0.1) is 18.7 Å².